The first-order valence-electron chi connectivity index (χ1n) is 5.38. The largest absolute Gasteiger partial charge is 0.489 e. The summed E-state index contributed by atoms with van der Waals surface area (Å²) in [5, 5.41) is 0.717. The van der Waals surface area contributed by atoms with Crippen LogP contribution in [-0.2, 0) is 6.61 Å². The molecule has 0 amide bonds. The lowest BCUT2D eigenvalue weighted by atomic mass is 10.2. The number of ether oxygens (including phenoxy) is 1. The van der Waals surface area contributed by atoms with Crippen LogP contribution in [-0.4, -0.2) is 0 Å². The van der Waals surface area contributed by atoms with E-state index in [1.807, 2.05) is 49.4 Å². The molecule has 0 spiro atoms. The molecular formula is C14H14ClNO. The molecule has 0 aromatic heterocycles. The normalized spacial score (nSPS) is 10.2. The zero-order valence-corrected chi connectivity index (χ0v) is 10.4. The molecule has 0 fully saturated rings. The van der Waals surface area contributed by atoms with E-state index in [9.17, 15) is 0 Å². The summed E-state index contributed by atoms with van der Waals surface area (Å²) in [7, 11) is 0. The minimum absolute atomic E-state index is 0.490. The smallest absolute Gasteiger partial charge is 0.122 e. The van der Waals surface area contributed by atoms with Gasteiger partial charge in [-0.3, -0.25) is 0 Å². The van der Waals surface area contributed by atoms with Gasteiger partial charge < -0.3 is 10.5 Å². The molecule has 2 N–H and O–H groups in total. The standard InChI is InChI=1S/C14H14ClNO/c1-10-5-13(16)8-14(6-10)17-9-11-3-2-4-12(15)7-11/h2-8H,9,16H2,1H3. The van der Waals surface area contributed by atoms with Gasteiger partial charge in [0.2, 0.25) is 0 Å². The fourth-order valence-corrected chi connectivity index (χ4v) is 1.87. The lowest BCUT2D eigenvalue weighted by Gasteiger charge is -2.08. The Balaban J connectivity index is 2.07. The average molecular weight is 248 g/mol. The highest BCUT2D eigenvalue weighted by molar-refractivity contribution is 6.30. The predicted molar refractivity (Wildman–Crippen MR) is 71.4 cm³/mol. The zero-order valence-electron chi connectivity index (χ0n) is 9.61. The molecule has 0 atom stereocenters. The number of rotatable bonds is 3. The van der Waals surface area contributed by atoms with E-state index in [1.54, 1.807) is 0 Å². The van der Waals surface area contributed by atoms with Crippen molar-refractivity contribution in [1.29, 1.82) is 0 Å². The summed E-state index contributed by atoms with van der Waals surface area (Å²) >= 11 is 5.90. The monoisotopic (exact) mass is 247 g/mol. The molecule has 0 saturated carbocycles. The molecular weight excluding hydrogens is 234 g/mol. The van der Waals surface area contributed by atoms with Gasteiger partial charge in [0.25, 0.3) is 0 Å². The van der Waals surface area contributed by atoms with Gasteiger partial charge in [0, 0.05) is 16.8 Å². The van der Waals surface area contributed by atoms with Crippen molar-refractivity contribution < 1.29 is 4.74 Å². The third-order valence-electron chi connectivity index (χ3n) is 2.37. The summed E-state index contributed by atoms with van der Waals surface area (Å²) in [6, 6.07) is 13.3. The van der Waals surface area contributed by atoms with E-state index in [0.29, 0.717) is 12.3 Å². The Hall–Kier alpha value is -1.67. The number of anilines is 1. The number of nitrogens with two attached hydrogens (primary N) is 1. The first kappa shape index (κ1) is 11.8. The summed E-state index contributed by atoms with van der Waals surface area (Å²) in [4.78, 5) is 0. The van der Waals surface area contributed by atoms with Crippen molar-refractivity contribution in [3.8, 4) is 5.75 Å². The minimum Gasteiger partial charge on any atom is -0.489 e. The van der Waals surface area contributed by atoms with Gasteiger partial charge >= 0.3 is 0 Å². The van der Waals surface area contributed by atoms with Crippen LogP contribution in [0.5, 0.6) is 5.75 Å². The Morgan fingerprint density at radius 1 is 1.18 bits per heavy atom. The van der Waals surface area contributed by atoms with E-state index in [2.05, 4.69) is 0 Å². The molecule has 0 heterocycles. The van der Waals surface area contributed by atoms with Crippen molar-refractivity contribution >= 4 is 17.3 Å². The van der Waals surface area contributed by atoms with Crippen LogP contribution < -0.4 is 10.5 Å². The summed E-state index contributed by atoms with van der Waals surface area (Å²) in [6.45, 7) is 2.48. The van der Waals surface area contributed by atoms with E-state index in [0.717, 1.165) is 21.9 Å². The topological polar surface area (TPSA) is 35.2 Å². The van der Waals surface area contributed by atoms with Crippen LogP contribution in [0.25, 0.3) is 0 Å². The van der Waals surface area contributed by atoms with E-state index >= 15 is 0 Å². The van der Waals surface area contributed by atoms with Gasteiger partial charge in [-0.15, -0.1) is 0 Å². The third-order valence-corrected chi connectivity index (χ3v) is 2.60. The molecule has 2 rings (SSSR count). The molecule has 0 aliphatic rings. The van der Waals surface area contributed by atoms with Crippen LogP contribution in [0.2, 0.25) is 5.02 Å². The van der Waals surface area contributed by atoms with Crippen molar-refractivity contribution in [3.05, 3.63) is 58.6 Å². The van der Waals surface area contributed by atoms with Crippen LogP contribution in [0.15, 0.2) is 42.5 Å². The van der Waals surface area contributed by atoms with E-state index in [-0.39, 0.29) is 0 Å². The Kier molecular flexibility index (Phi) is 3.55. The maximum Gasteiger partial charge on any atom is 0.122 e. The number of hydrogen-bond acceptors (Lipinski definition) is 2. The van der Waals surface area contributed by atoms with Crippen LogP contribution in [0.1, 0.15) is 11.1 Å². The van der Waals surface area contributed by atoms with E-state index in [4.69, 9.17) is 22.1 Å². The molecule has 3 heteroatoms. The van der Waals surface area contributed by atoms with Gasteiger partial charge in [-0.1, -0.05) is 23.7 Å². The number of nitrogen functional groups attached to an aromatic ring is 1. The van der Waals surface area contributed by atoms with Gasteiger partial charge in [0.15, 0.2) is 0 Å². The Morgan fingerprint density at radius 2 is 2.00 bits per heavy atom. The van der Waals surface area contributed by atoms with Crippen LogP contribution in [0.3, 0.4) is 0 Å². The van der Waals surface area contributed by atoms with Crippen LogP contribution in [0, 0.1) is 6.92 Å². The second kappa shape index (κ2) is 5.11. The van der Waals surface area contributed by atoms with Crippen molar-refractivity contribution in [2.75, 3.05) is 5.73 Å². The summed E-state index contributed by atoms with van der Waals surface area (Å²) in [6.07, 6.45) is 0. The second-order valence-corrected chi connectivity index (χ2v) is 4.43. The molecule has 0 radical (unpaired) electrons. The van der Waals surface area contributed by atoms with Gasteiger partial charge in [-0.25, -0.2) is 0 Å². The van der Waals surface area contributed by atoms with E-state index in [1.165, 1.54) is 0 Å². The van der Waals surface area contributed by atoms with Crippen LogP contribution >= 0.6 is 11.6 Å². The lowest BCUT2D eigenvalue weighted by molar-refractivity contribution is 0.306. The SMILES string of the molecule is Cc1cc(N)cc(OCc2cccc(Cl)c2)c1. The maximum absolute atomic E-state index is 5.90. The van der Waals surface area contributed by atoms with Crippen molar-refractivity contribution in [1.82, 2.24) is 0 Å². The molecule has 0 aliphatic carbocycles. The Labute approximate surface area is 106 Å². The maximum atomic E-state index is 5.90. The molecule has 0 unspecified atom stereocenters. The minimum atomic E-state index is 0.490. The highest BCUT2D eigenvalue weighted by Crippen LogP contribution is 2.20. The molecule has 2 aromatic carbocycles. The highest BCUT2D eigenvalue weighted by Gasteiger charge is 1.99. The van der Waals surface area contributed by atoms with Gasteiger partial charge in [0.05, 0.1) is 0 Å². The van der Waals surface area contributed by atoms with Crippen molar-refractivity contribution in [3.63, 3.8) is 0 Å². The summed E-state index contributed by atoms with van der Waals surface area (Å²) in [5.41, 5.74) is 8.59. The summed E-state index contributed by atoms with van der Waals surface area (Å²) < 4.78 is 5.67. The first-order chi connectivity index (χ1) is 8.13. The van der Waals surface area contributed by atoms with Crippen molar-refractivity contribution in [2.24, 2.45) is 0 Å². The van der Waals surface area contributed by atoms with Crippen LogP contribution in [0.4, 0.5) is 5.69 Å². The number of benzene rings is 2. The number of hydrogen-bond donors (Lipinski definition) is 1. The molecule has 0 aliphatic heterocycles. The quantitative estimate of drug-likeness (QED) is 0.837. The highest BCUT2D eigenvalue weighted by atomic mass is 35.5. The molecule has 2 aromatic rings. The zero-order chi connectivity index (χ0) is 12.3. The van der Waals surface area contributed by atoms with Gasteiger partial charge in [0.1, 0.15) is 12.4 Å². The molecule has 88 valence electrons. The molecule has 0 saturated heterocycles. The molecule has 2 nitrogen and oxygen atoms in total. The van der Waals surface area contributed by atoms with Gasteiger partial charge in [-0.2, -0.15) is 0 Å². The average Bonchev–Trinajstić information content (AvgIpc) is 2.25. The number of halogens is 1. The Bertz CT molecular complexity index is 505. The second-order valence-electron chi connectivity index (χ2n) is 4.00. The van der Waals surface area contributed by atoms with Gasteiger partial charge in [-0.05, 0) is 42.3 Å². The first-order valence-corrected chi connectivity index (χ1v) is 5.76. The fraction of sp³-hybridized carbons (Fsp3) is 0.143. The third kappa shape index (κ3) is 3.40. The van der Waals surface area contributed by atoms with Crippen molar-refractivity contribution in [2.45, 2.75) is 13.5 Å². The summed E-state index contributed by atoms with van der Waals surface area (Å²) in [5.74, 6) is 0.780. The van der Waals surface area contributed by atoms with E-state index < -0.39 is 0 Å². The lowest BCUT2D eigenvalue weighted by Crippen LogP contribution is -1.96. The fourth-order valence-electron chi connectivity index (χ4n) is 1.65. The predicted octanol–water partition coefficient (Wildman–Crippen LogP) is 3.81. The molecule has 0 bridgehead atoms. The molecule has 17 heavy (non-hydrogen) atoms. The Morgan fingerprint density at radius 3 is 2.71 bits per heavy atom. The number of aryl methyl sites for hydroxylation is 1.